The highest BCUT2D eigenvalue weighted by atomic mass is 32.2. The lowest BCUT2D eigenvalue weighted by molar-refractivity contribution is -0.214. The summed E-state index contributed by atoms with van der Waals surface area (Å²) in [7, 11) is 1.71. The first-order chi connectivity index (χ1) is 7.02. The summed E-state index contributed by atoms with van der Waals surface area (Å²) in [5.41, 5.74) is 0. The minimum absolute atomic E-state index is 0.0700. The van der Waals surface area contributed by atoms with Gasteiger partial charge in [-0.1, -0.05) is 11.8 Å². The van der Waals surface area contributed by atoms with Gasteiger partial charge in [-0.05, 0) is 0 Å². The lowest BCUT2D eigenvalue weighted by Crippen LogP contribution is -2.40. The number of fused-ring (bicyclic) bond motifs is 1. The molecule has 0 radical (unpaired) electrons. The van der Waals surface area contributed by atoms with Crippen LogP contribution in [0, 0.1) is 5.92 Å². The Hall–Kier alpha value is -0.365. The fraction of sp³-hybridized carbons (Fsp3) is 0.857. The molecule has 84 valence electrons. The maximum atomic E-state index is 12.5. The third-order valence-electron chi connectivity index (χ3n) is 2.56. The molecule has 2 aliphatic rings. The molecule has 0 aromatic heterocycles. The van der Waals surface area contributed by atoms with Crippen LogP contribution in [0.5, 0.6) is 0 Å². The van der Waals surface area contributed by atoms with Crippen LogP contribution < -0.4 is 5.23 Å². The van der Waals surface area contributed by atoms with Crippen molar-refractivity contribution in [3.8, 4) is 0 Å². The molecule has 1 saturated heterocycles. The molecular formula is C7H10BF3N2OS. The zero-order valence-electron chi connectivity index (χ0n) is 8.04. The van der Waals surface area contributed by atoms with Gasteiger partial charge in [-0.2, -0.15) is 13.2 Å². The molecule has 0 spiro atoms. The van der Waals surface area contributed by atoms with Crippen molar-refractivity contribution < 1.29 is 17.9 Å². The van der Waals surface area contributed by atoms with E-state index in [0.717, 1.165) is 0 Å². The summed E-state index contributed by atoms with van der Waals surface area (Å²) < 4.78 is 42.3. The van der Waals surface area contributed by atoms with Crippen LogP contribution in [0.4, 0.5) is 13.2 Å². The predicted molar refractivity (Wildman–Crippen MR) is 54.6 cm³/mol. The third kappa shape index (κ3) is 2.10. The molecule has 3 nitrogen and oxygen atoms in total. The molecule has 8 heteroatoms. The highest BCUT2D eigenvalue weighted by molar-refractivity contribution is 8.13. The number of nitrogens with zero attached hydrogens (tertiary/aromatic N) is 1. The van der Waals surface area contributed by atoms with Crippen LogP contribution in [0.2, 0.25) is 0 Å². The topological polar surface area (TPSA) is 33.6 Å². The van der Waals surface area contributed by atoms with E-state index in [1.165, 1.54) is 11.8 Å². The Balaban J connectivity index is 2.12. The van der Waals surface area contributed by atoms with Crippen molar-refractivity contribution in [3.63, 3.8) is 0 Å². The molecule has 3 unspecified atom stereocenters. The standard InChI is InChI=1S/C7H10BF3N2OS/c8-13-6-12-4-1-14-5(7(9,10)11)3(4)2-15-6/h3-5H,1-2,8H2,(H,12,13). The molecule has 1 fully saturated rings. The van der Waals surface area contributed by atoms with E-state index >= 15 is 0 Å². The first-order valence-electron chi connectivity index (χ1n) is 4.59. The van der Waals surface area contributed by atoms with Crippen LogP contribution in [-0.2, 0) is 4.74 Å². The van der Waals surface area contributed by atoms with Gasteiger partial charge in [-0.15, -0.1) is 0 Å². The number of rotatable bonds is 0. The molecule has 0 aliphatic carbocycles. The minimum Gasteiger partial charge on any atom is -0.415 e. The second-order valence-electron chi connectivity index (χ2n) is 3.52. The average Bonchev–Trinajstić information content (AvgIpc) is 2.59. The van der Waals surface area contributed by atoms with Gasteiger partial charge in [0.05, 0.1) is 12.6 Å². The van der Waals surface area contributed by atoms with E-state index in [4.69, 9.17) is 4.74 Å². The van der Waals surface area contributed by atoms with Gasteiger partial charge >= 0.3 is 6.18 Å². The molecule has 0 aromatic rings. The molecule has 1 N–H and O–H groups in total. The molecule has 0 amide bonds. The molecule has 0 aromatic carbocycles. The lowest BCUT2D eigenvalue weighted by Gasteiger charge is -2.26. The van der Waals surface area contributed by atoms with Crippen molar-refractivity contribution in [2.45, 2.75) is 18.3 Å². The molecule has 0 bridgehead atoms. The second kappa shape index (κ2) is 3.90. The second-order valence-corrected chi connectivity index (χ2v) is 4.53. The number of ether oxygens (including phenoxy) is 1. The fourth-order valence-corrected chi connectivity index (χ4v) is 2.92. The number of alkyl halides is 3. The van der Waals surface area contributed by atoms with Crippen molar-refractivity contribution >= 4 is 24.9 Å². The van der Waals surface area contributed by atoms with Gasteiger partial charge < -0.3 is 9.96 Å². The maximum Gasteiger partial charge on any atom is 0.415 e. The van der Waals surface area contributed by atoms with E-state index in [2.05, 4.69) is 10.2 Å². The quantitative estimate of drug-likeness (QED) is 0.611. The molecule has 3 atom stereocenters. The van der Waals surface area contributed by atoms with Crippen molar-refractivity contribution in [1.29, 1.82) is 0 Å². The SMILES string of the molecule is BNC1=NC2COC(C(F)(F)F)C2CS1. The van der Waals surface area contributed by atoms with Gasteiger partial charge in [0, 0.05) is 11.7 Å². The number of amidine groups is 1. The van der Waals surface area contributed by atoms with Gasteiger partial charge in [-0.3, -0.25) is 4.99 Å². The molecule has 2 heterocycles. The Kier molecular flexibility index (Phi) is 2.89. The van der Waals surface area contributed by atoms with Crippen LogP contribution in [0.1, 0.15) is 0 Å². The number of halogens is 3. The third-order valence-corrected chi connectivity index (χ3v) is 3.70. The minimum atomic E-state index is -4.27. The first-order valence-corrected chi connectivity index (χ1v) is 5.57. The number of hydrogen-bond donors (Lipinski definition) is 1. The number of aliphatic imine (C=N–C) groups is 1. The Bertz CT molecular complexity index is 286. The van der Waals surface area contributed by atoms with E-state index in [1.54, 1.807) is 7.98 Å². The molecule has 2 rings (SSSR count). The maximum absolute atomic E-state index is 12.5. The Morgan fingerprint density at radius 3 is 2.87 bits per heavy atom. The van der Waals surface area contributed by atoms with E-state index in [0.29, 0.717) is 10.9 Å². The number of thioether (sulfide) groups is 1. The van der Waals surface area contributed by atoms with E-state index in [1.807, 2.05) is 0 Å². The first kappa shape index (κ1) is 11.1. The van der Waals surface area contributed by atoms with Gasteiger partial charge in [0.15, 0.2) is 6.10 Å². The lowest BCUT2D eigenvalue weighted by atomic mass is 9.99. The Labute approximate surface area is 90.3 Å². The molecule has 2 aliphatic heterocycles. The zero-order valence-corrected chi connectivity index (χ0v) is 8.86. The zero-order chi connectivity index (χ0) is 11.1. The van der Waals surface area contributed by atoms with E-state index < -0.39 is 18.2 Å². The van der Waals surface area contributed by atoms with Gasteiger partial charge in [0.2, 0.25) is 7.98 Å². The highest BCUT2D eigenvalue weighted by Crippen LogP contribution is 2.39. The fourth-order valence-electron chi connectivity index (χ4n) is 1.82. The number of nitrogens with one attached hydrogen (secondary N) is 1. The van der Waals surface area contributed by atoms with Crippen LogP contribution >= 0.6 is 11.8 Å². The molecule has 0 saturated carbocycles. The summed E-state index contributed by atoms with van der Waals surface area (Å²) in [6.45, 7) is 0.0700. The van der Waals surface area contributed by atoms with Crippen molar-refractivity contribution in [2.24, 2.45) is 10.9 Å². The summed E-state index contributed by atoms with van der Waals surface area (Å²) in [4.78, 5) is 4.17. The summed E-state index contributed by atoms with van der Waals surface area (Å²) >= 11 is 1.32. The molecule has 15 heavy (non-hydrogen) atoms. The van der Waals surface area contributed by atoms with Crippen molar-refractivity contribution in [3.05, 3.63) is 0 Å². The van der Waals surface area contributed by atoms with Gasteiger partial charge in [0.25, 0.3) is 0 Å². The normalized spacial score (nSPS) is 35.9. The molecular weight excluding hydrogens is 228 g/mol. The summed E-state index contributed by atoms with van der Waals surface area (Å²) in [6, 6.07) is -0.347. The van der Waals surface area contributed by atoms with Crippen LogP contribution in [-0.4, -0.2) is 43.8 Å². The van der Waals surface area contributed by atoms with Crippen LogP contribution in [0.3, 0.4) is 0 Å². The van der Waals surface area contributed by atoms with E-state index in [9.17, 15) is 13.2 Å². The highest BCUT2D eigenvalue weighted by Gasteiger charge is 2.53. The predicted octanol–water partition coefficient (Wildman–Crippen LogP) is 0.173. The average molecular weight is 238 g/mol. The summed E-state index contributed by atoms with van der Waals surface area (Å²) in [6.07, 6.45) is -5.91. The summed E-state index contributed by atoms with van der Waals surface area (Å²) in [5.74, 6) is -0.124. The monoisotopic (exact) mass is 238 g/mol. The van der Waals surface area contributed by atoms with Gasteiger partial charge in [-0.25, -0.2) is 0 Å². The number of hydrogen-bond acceptors (Lipinski definition) is 4. The van der Waals surface area contributed by atoms with Crippen LogP contribution in [0.15, 0.2) is 4.99 Å². The van der Waals surface area contributed by atoms with E-state index in [-0.39, 0.29) is 12.6 Å². The summed E-state index contributed by atoms with van der Waals surface area (Å²) in [5, 5.41) is 3.54. The largest absolute Gasteiger partial charge is 0.415 e. The van der Waals surface area contributed by atoms with Crippen molar-refractivity contribution in [2.75, 3.05) is 12.4 Å². The smallest absolute Gasteiger partial charge is 0.415 e. The van der Waals surface area contributed by atoms with Crippen molar-refractivity contribution in [1.82, 2.24) is 5.23 Å². The Morgan fingerprint density at radius 2 is 2.27 bits per heavy atom. The Morgan fingerprint density at radius 1 is 1.53 bits per heavy atom. The van der Waals surface area contributed by atoms with Crippen LogP contribution in [0.25, 0.3) is 0 Å². The van der Waals surface area contributed by atoms with Gasteiger partial charge in [0.1, 0.15) is 5.17 Å².